The number of halogens is 3. The number of benzene rings is 1. The lowest BCUT2D eigenvalue weighted by Crippen LogP contribution is -2.42. The van der Waals surface area contributed by atoms with E-state index in [1.165, 1.54) is 19.2 Å². The van der Waals surface area contributed by atoms with E-state index in [9.17, 15) is 14.0 Å². The Morgan fingerprint density at radius 1 is 1.30 bits per heavy atom. The fraction of sp³-hybridized carbons (Fsp3) is 0.333. The first-order chi connectivity index (χ1) is 9.35. The van der Waals surface area contributed by atoms with E-state index in [2.05, 4.69) is 16.0 Å². The van der Waals surface area contributed by atoms with Gasteiger partial charge in [0.15, 0.2) is 0 Å². The maximum Gasteiger partial charge on any atom is 0.321 e. The molecule has 0 saturated carbocycles. The lowest BCUT2D eigenvalue weighted by molar-refractivity contribution is -0.119. The van der Waals surface area contributed by atoms with Crippen LogP contribution in [-0.4, -0.2) is 25.5 Å². The predicted octanol–water partition coefficient (Wildman–Crippen LogP) is 2.24. The van der Waals surface area contributed by atoms with Gasteiger partial charge in [0.25, 0.3) is 0 Å². The topological polar surface area (TPSA) is 70.2 Å². The first kappa shape index (κ1) is 16.7. The summed E-state index contributed by atoms with van der Waals surface area (Å²) in [6.07, 6.45) is 0. The van der Waals surface area contributed by atoms with Gasteiger partial charge in [0, 0.05) is 18.1 Å². The summed E-state index contributed by atoms with van der Waals surface area (Å²) in [6.45, 7) is 1.59. The van der Waals surface area contributed by atoms with Gasteiger partial charge in [-0.3, -0.25) is 10.1 Å². The van der Waals surface area contributed by atoms with Gasteiger partial charge in [-0.05, 0) is 24.6 Å². The fourth-order valence-electron chi connectivity index (χ4n) is 1.46. The van der Waals surface area contributed by atoms with Crippen molar-refractivity contribution < 1.29 is 14.0 Å². The third kappa shape index (κ3) is 4.63. The number of urea groups is 1. The number of amides is 3. The van der Waals surface area contributed by atoms with Crippen LogP contribution in [0.2, 0.25) is 10.0 Å². The molecule has 0 aliphatic heterocycles. The molecule has 20 heavy (non-hydrogen) atoms. The molecule has 5 nitrogen and oxygen atoms in total. The van der Waals surface area contributed by atoms with Gasteiger partial charge in [-0.25, -0.2) is 9.18 Å². The van der Waals surface area contributed by atoms with Crippen molar-refractivity contribution in [2.45, 2.75) is 13.0 Å². The van der Waals surface area contributed by atoms with Crippen molar-refractivity contribution in [2.24, 2.45) is 0 Å². The SMILES string of the molecule is CNC(=O)NC(=O)CN[C@@H](C)c1cc(F)c(Cl)cc1Cl. The number of hydrogen-bond acceptors (Lipinski definition) is 3. The van der Waals surface area contributed by atoms with Gasteiger partial charge in [-0.2, -0.15) is 0 Å². The van der Waals surface area contributed by atoms with Crippen molar-refractivity contribution in [3.8, 4) is 0 Å². The number of carbonyl (C=O) groups excluding carboxylic acids is 2. The number of nitrogens with one attached hydrogen (secondary N) is 3. The van der Waals surface area contributed by atoms with Gasteiger partial charge < -0.3 is 10.6 Å². The third-order valence-corrected chi connectivity index (χ3v) is 3.17. The Labute approximate surface area is 125 Å². The summed E-state index contributed by atoms with van der Waals surface area (Å²) in [5, 5.41) is 7.40. The molecular formula is C12H14Cl2FN3O2. The van der Waals surface area contributed by atoms with Crippen molar-refractivity contribution in [3.05, 3.63) is 33.6 Å². The second-order valence-corrected chi connectivity index (χ2v) is 4.83. The predicted molar refractivity (Wildman–Crippen MR) is 75.4 cm³/mol. The van der Waals surface area contributed by atoms with Crippen LogP contribution in [0.25, 0.3) is 0 Å². The van der Waals surface area contributed by atoms with E-state index in [0.29, 0.717) is 10.6 Å². The van der Waals surface area contributed by atoms with Gasteiger partial charge in [0.2, 0.25) is 5.91 Å². The minimum Gasteiger partial charge on any atom is -0.341 e. The molecule has 0 radical (unpaired) electrons. The first-order valence-electron chi connectivity index (χ1n) is 5.74. The summed E-state index contributed by atoms with van der Waals surface area (Å²) in [5.74, 6) is -1.10. The summed E-state index contributed by atoms with van der Waals surface area (Å²) in [6, 6.07) is 1.53. The van der Waals surface area contributed by atoms with Crippen molar-refractivity contribution in [1.29, 1.82) is 0 Å². The highest BCUT2D eigenvalue weighted by molar-refractivity contribution is 6.35. The van der Waals surface area contributed by atoms with E-state index in [1.54, 1.807) is 6.92 Å². The van der Waals surface area contributed by atoms with E-state index >= 15 is 0 Å². The average Bonchev–Trinajstić information content (AvgIpc) is 2.40. The molecule has 0 bridgehead atoms. The minimum atomic E-state index is -0.597. The molecular weight excluding hydrogens is 308 g/mol. The Morgan fingerprint density at radius 3 is 2.55 bits per heavy atom. The first-order valence-corrected chi connectivity index (χ1v) is 6.50. The Balaban J connectivity index is 2.63. The fourth-order valence-corrected chi connectivity index (χ4v) is 2.01. The second kappa shape index (κ2) is 7.42. The molecule has 0 unspecified atom stereocenters. The van der Waals surface area contributed by atoms with Crippen LogP contribution < -0.4 is 16.0 Å². The highest BCUT2D eigenvalue weighted by Crippen LogP contribution is 2.28. The van der Waals surface area contributed by atoms with Gasteiger partial charge in [-0.1, -0.05) is 23.2 Å². The quantitative estimate of drug-likeness (QED) is 0.745. The van der Waals surface area contributed by atoms with Crippen molar-refractivity contribution in [2.75, 3.05) is 13.6 Å². The van der Waals surface area contributed by atoms with Crippen LogP contribution in [0.5, 0.6) is 0 Å². The molecule has 3 N–H and O–H groups in total. The lowest BCUT2D eigenvalue weighted by atomic mass is 10.1. The Bertz CT molecular complexity index is 526. The van der Waals surface area contributed by atoms with Crippen molar-refractivity contribution in [3.63, 3.8) is 0 Å². The van der Waals surface area contributed by atoms with E-state index in [0.717, 1.165) is 0 Å². The largest absolute Gasteiger partial charge is 0.341 e. The average molecular weight is 322 g/mol. The molecule has 0 aliphatic rings. The van der Waals surface area contributed by atoms with Crippen LogP contribution >= 0.6 is 23.2 Å². The number of carbonyl (C=O) groups is 2. The Kier molecular flexibility index (Phi) is 6.19. The smallest absolute Gasteiger partial charge is 0.321 e. The molecule has 0 spiro atoms. The third-order valence-electron chi connectivity index (χ3n) is 2.55. The molecule has 1 rings (SSSR count). The summed E-state index contributed by atoms with van der Waals surface area (Å²) in [7, 11) is 1.40. The van der Waals surface area contributed by atoms with E-state index in [4.69, 9.17) is 23.2 Å². The van der Waals surface area contributed by atoms with Gasteiger partial charge in [-0.15, -0.1) is 0 Å². The zero-order valence-electron chi connectivity index (χ0n) is 10.9. The maximum atomic E-state index is 13.4. The molecule has 8 heteroatoms. The van der Waals surface area contributed by atoms with Crippen LogP contribution in [0.4, 0.5) is 9.18 Å². The standard InChI is InChI=1S/C12H14Cl2FN3O2/c1-6(17-5-11(19)18-12(20)16-2)7-3-10(15)9(14)4-8(7)13/h3-4,6,17H,5H2,1-2H3,(H2,16,18,19,20)/t6-/m0/s1. The molecule has 0 aliphatic carbocycles. The second-order valence-electron chi connectivity index (χ2n) is 4.02. The summed E-state index contributed by atoms with van der Waals surface area (Å²) >= 11 is 11.6. The maximum absolute atomic E-state index is 13.4. The molecule has 0 fully saturated rings. The van der Waals surface area contributed by atoms with Crippen molar-refractivity contribution in [1.82, 2.24) is 16.0 Å². The molecule has 1 aromatic carbocycles. The molecule has 0 saturated heterocycles. The summed E-state index contributed by atoms with van der Waals surface area (Å²) in [5.41, 5.74) is 0.473. The number of rotatable bonds is 4. The number of hydrogen-bond donors (Lipinski definition) is 3. The van der Waals surface area contributed by atoms with Crippen LogP contribution in [0.15, 0.2) is 12.1 Å². The van der Waals surface area contributed by atoms with Crippen LogP contribution in [0, 0.1) is 5.82 Å². The highest BCUT2D eigenvalue weighted by atomic mass is 35.5. The molecule has 1 atom stereocenters. The highest BCUT2D eigenvalue weighted by Gasteiger charge is 2.14. The monoisotopic (exact) mass is 321 g/mol. The van der Waals surface area contributed by atoms with Gasteiger partial charge in [0.1, 0.15) is 5.82 Å². The molecule has 1 aromatic rings. The van der Waals surface area contributed by atoms with E-state index in [-0.39, 0.29) is 17.6 Å². The zero-order valence-corrected chi connectivity index (χ0v) is 12.4. The normalized spacial score (nSPS) is 11.8. The van der Waals surface area contributed by atoms with Crippen LogP contribution in [-0.2, 0) is 4.79 Å². The van der Waals surface area contributed by atoms with Gasteiger partial charge >= 0.3 is 6.03 Å². The van der Waals surface area contributed by atoms with Crippen LogP contribution in [0.3, 0.4) is 0 Å². The molecule has 0 aromatic heterocycles. The molecule has 0 heterocycles. The molecule has 3 amide bonds. The Hall–Kier alpha value is -1.37. The summed E-state index contributed by atoms with van der Waals surface area (Å²) < 4.78 is 13.4. The zero-order chi connectivity index (χ0) is 15.3. The summed E-state index contributed by atoms with van der Waals surface area (Å²) in [4.78, 5) is 22.3. The van der Waals surface area contributed by atoms with E-state index < -0.39 is 17.8 Å². The van der Waals surface area contributed by atoms with Crippen LogP contribution in [0.1, 0.15) is 18.5 Å². The number of imide groups is 1. The lowest BCUT2D eigenvalue weighted by Gasteiger charge is -2.16. The van der Waals surface area contributed by atoms with Crippen molar-refractivity contribution >= 4 is 35.1 Å². The minimum absolute atomic E-state index is 0.0664. The van der Waals surface area contributed by atoms with E-state index in [1.807, 2.05) is 0 Å². The Morgan fingerprint density at radius 2 is 1.95 bits per heavy atom. The molecule has 110 valence electrons. The van der Waals surface area contributed by atoms with Gasteiger partial charge in [0.05, 0.1) is 11.6 Å².